The lowest BCUT2D eigenvalue weighted by atomic mass is 9.92. The van der Waals surface area contributed by atoms with Gasteiger partial charge in [0.1, 0.15) is 0 Å². The van der Waals surface area contributed by atoms with Gasteiger partial charge in [-0.25, -0.2) is 0 Å². The van der Waals surface area contributed by atoms with Crippen molar-refractivity contribution in [2.75, 3.05) is 13.2 Å². The predicted octanol–water partition coefficient (Wildman–Crippen LogP) is 2.95. The SMILES string of the molecule is CC(C)CC(CCCC(=O)O)C(=O)O.CC(C)CC(CCCC(=O)O)C(=O)O.OCCO. The highest BCUT2D eigenvalue weighted by molar-refractivity contribution is 5.71. The monoisotopic (exact) mass is 466 g/mol. The second-order valence-electron chi connectivity index (χ2n) is 8.35. The molecular weight excluding hydrogens is 424 g/mol. The molecule has 190 valence electrons. The predicted molar refractivity (Wildman–Crippen MR) is 118 cm³/mol. The van der Waals surface area contributed by atoms with Gasteiger partial charge >= 0.3 is 23.9 Å². The second-order valence-corrected chi connectivity index (χ2v) is 8.35. The van der Waals surface area contributed by atoms with Gasteiger partial charge in [0.15, 0.2) is 0 Å². The van der Waals surface area contributed by atoms with E-state index in [2.05, 4.69) is 0 Å². The van der Waals surface area contributed by atoms with Crippen molar-refractivity contribution in [2.45, 2.75) is 79.1 Å². The molecule has 0 radical (unpaired) electrons. The molecule has 32 heavy (non-hydrogen) atoms. The Bertz CT molecular complexity index is 471. The number of carboxylic acid groups (broad SMARTS) is 4. The molecule has 10 nitrogen and oxygen atoms in total. The molecule has 10 heteroatoms. The largest absolute Gasteiger partial charge is 0.481 e. The molecule has 0 aliphatic carbocycles. The van der Waals surface area contributed by atoms with Crippen LogP contribution in [0.1, 0.15) is 79.1 Å². The van der Waals surface area contributed by atoms with Crippen LogP contribution in [0.4, 0.5) is 0 Å². The van der Waals surface area contributed by atoms with E-state index in [0.29, 0.717) is 50.4 Å². The van der Waals surface area contributed by atoms with Crippen molar-refractivity contribution in [3.8, 4) is 0 Å². The van der Waals surface area contributed by atoms with Gasteiger partial charge in [-0.15, -0.1) is 0 Å². The summed E-state index contributed by atoms with van der Waals surface area (Å²) in [6, 6.07) is 0. The Labute approximate surface area is 190 Å². The number of aliphatic hydroxyl groups is 2. The summed E-state index contributed by atoms with van der Waals surface area (Å²) in [6.45, 7) is 7.61. The summed E-state index contributed by atoms with van der Waals surface area (Å²) in [7, 11) is 0. The molecule has 0 aromatic carbocycles. The van der Waals surface area contributed by atoms with Gasteiger partial charge in [-0.05, 0) is 50.4 Å². The van der Waals surface area contributed by atoms with Gasteiger partial charge < -0.3 is 30.6 Å². The van der Waals surface area contributed by atoms with Gasteiger partial charge in [-0.3, -0.25) is 19.2 Å². The van der Waals surface area contributed by atoms with Crippen molar-refractivity contribution in [3.05, 3.63) is 0 Å². The molecule has 0 heterocycles. The third kappa shape index (κ3) is 27.8. The molecule has 0 aliphatic heterocycles. The molecule has 6 N–H and O–H groups in total. The van der Waals surface area contributed by atoms with E-state index in [-0.39, 0.29) is 26.1 Å². The Morgan fingerprint density at radius 1 is 0.594 bits per heavy atom. The maximum atomic E-state index is 10.8. The van der Waals surface area contributed by atoms with Gasteiger partial charge in [0.2, 0.25) is 0 Å². The molecule has 0 saturated carbocycles. The molecule has 0 saturated heterocycles. The zero-order valence-electron chi connectivity index (χ0n) is 19.7. The second kappa shape index (κ2) is 22.0. The van der Waals surface area contributed by atoms with Crippen LogP contribution in [0.5, 0.6) is 0 Å². The van der Waals surface area contributed by atoms with Crippen LogP contribution < -0.4 is 0 Å². The third-order valence-corrected chi connectivity index (χ3v) is 4.20. The van der Waals surface area contributed by atoms with Gasteiger partial charge in [-0.1, -0.05) is 27.7 Å². The first-order valence-electron chi connectivity index (χ1n) is 10.9. The van der Waals surface area contributed by atoms with E-state index in [4.69, 9.17) is 30.6 Å². The summed E-state index contributed by atoms with van der Waals surface area (Å²) in [5, 5.41) is 49.7. The third-order valence-electron chi connectivity index (χ3n) is 4.20. The van der Waals surface area contributed by atoms with Crippen LogP contribution >= 0.6 is 0 Å². The Morgan fingerprint density at radius 3 is 1.03 bits per heavy atom. The van der Waals surface area contributed by atoms with Gasteiger partial charge in [-0.2, -0.15) is 0 Å². The molecular formula is C22H42O10. The van der Waals surface area contributed by atoms with E-state index < -0.39 is 35.7 Å². The van der Waals surface area contributed by atoms with Gasteiger partial charge in [0, 0.05) is 12.8 Å². The summed E-state index contributed by atoms with van der Waals surface area (Å²) in [4.78, 5) is 42.0. The van der Waals surface area contributed by atoms with E-state index in [1.165, 1.54) is 0 Å². The zero-order chi connectivity index (χ0) is 25.7. The first kappa shape index (κ1) is 34.4. The lowest BCUT2D eigenvalue weighted by Crippen LogP contribution is -2.16. The van der Waals surface area contributed by atoms with E-state index in [1.807, 2.05) is 27.7 Å². The lowest BCUT2D eigenvalue weighted by Gasteiger charge is -2.13. The summed E-state index contributed by atoms with van der Waals surface area (Å²) >= 11 is 0. The van der Waals surface area contributed by atoms with Crippen LogP contribution in [0.15, 0.2) is 0 Å². The number of hydrogen-bond acceptors (Lipinski definition) is 6. The quantitative estimate of drug-likeness (QED) is 0.209. The van der Waals surface area contributed by atoms with Crippen LogP contribution in [0, 0.1) is 23.7 Å². The fraction of sp³-hybridized carbons (Fsp3) is 0.818. The lowest BCUT2D eigenvalue weighted by molar-refractivity contribution is -0.144. The molecule has 0 spiro atoms. The highest BCUT2D eigenvalue weighted by Gasteiger charge is 2.19. The molecule has 0 bridgehead atoms. The van der Waals surface area contributed by atoms with Crippen molar-refractivity contribution in [1.29, 1.82) is 0 Å². The number of carbonyl (C=O) groups is 4. The average molecular weight is 467 g/mol. The highest BCUT2D eigenvalue weighted by atomic mass is 16.4. The normalized spacial score (nSPS) is 12.1. The number of carboxylic acids is 4. The molecule has 2 atom stereocenters. The minimum atomic E-state index is -0.862. The topological polar surface area (TPSA) is 190 Å². The summed E-state index contributed by atoms with van der Waals surface area (Å²) in [6.07, 6.45) is 3.16. The molecule has 0 rings (SSSR count). The van der Waals surface area contributed by atoms with Crippen molar-refractivity contribution >= 4 is 23.9 Å². The standard InChI is InChI=1S/2C10H18O4.C2H6O2/c2*1-7(2)6-8(10(13)14)4-3-5-9(11)12;3-1-2-4/h2*7-8H,3-6H2,1-2H3,(H,11,12)(H,13,14);3-4H,1-2H2. The van der Waals surface area contributed by atoms with E-state index >= 15 is 0 Å². The minimum absolute atomic E-state index is 0.0574. The highest BCUT2D eigenvalue weighted by Crippen LogP contribution is 2.19. The Balaban J connectivity index is -0.000000450. The van der Waals surface area contributed by atoms with Crippen LogP contribution in [-0.4, -0.2) is 67.7 Å². The number of rotatable bonds is 15. The summed E-state index contributed by atoms with van der Waals surface area (Å²) in [5.41, 5.74) is 0. The van der Waals surface area contributed by atoms with Crippen molar-refractivity contribution in [1.82, 2.24) is 0 Å². The molecule has 0 amide bonds. The van der Waals surface area contributed by atoms with Crippen LogP contribution in [0.25, 0.3) is 0 Å². The number of aliphatic carboxylic acids is 4. The van der Waals surface area contributed by atoms with Gasteiger partial charge in [0.25, 0.3) is 0 Å². The maximum absolute atomic E-state index is 10.8. The molecule has 0 aromatic heterocycles. The van der Waals surface area contributed by atoms with Crippen LogP contribution in [0.3, 0.4) is 0 Å². The smallest absolute Gasteiger partial charge is 0.306 e. The van der Waals surface area contributed by atoms with Gasteiger partial charge in [0.05, 0.1) is 25.0 Å². The Hall–Kier alpha value is -2.20. The van der Waals surface area contributed by atoms with Crippen LogP contribution in [-0.2, 0) is 19.2 Å². The zero-order valence-corrected chi connectivity index (χ0v) is 19.7. The Kier molecular flexibility index (Phi) is 23.7. The molecule has 2 unspecified atom stereocenters. The minimum Gasteiger partial charge on any atom is -0.481 e. The first-order chi connectivity index (χ1) is 14.8. The molecule has 0 aliphatic rings. The summed E-state index contributed by atoms with van der Waals surface area (Å²) in [5.74, 6) is -3.48. The fourth-order valence-electron chi connectivity index (χ4n) is 2.82. The number of aliphatic hydroxyl groups excluding tert-OH is 2. The van der Waals surface area contributed by atoms with Crippen molar-refractivity contribution in [2.24, 2.45) is 23.7 Å². The maximum Gasteiger partial charge on any atom is 0.306 e. The first-order valence-corrected chi connectivity index (χ1v) is 10.9. The van der Waals surface area contributed by atoms with E-state index in [1.54, 1.807) is 0 Å². The molecule has 0 fully saturated rings. The Morgan fingerprint density at radius 2 is 0.875 bits per heavy atom. The average Bonchev–Trinajstić information content (AvgIpc) is 2.65. The van der Waals surface area contributed by atoms with Crippen molar-refractivity contribution < 1.29 is 49.8 Å². The van der Waals surface area contributed by atoms with Crippen molar-refractivity contribution in [3.63, 3.8) is 0 Å². The van der Waals surface area contributed by atoms with Crippen LogP contribution in [0.2, 0.25) is 0 Å². The van der Waals surface area contributed by atoms with E-state index in [0.717, 1.165) is 0 Å². The number of hydrogen-bond donors (Lipinski definition) is 6. The summed E-state index contributed by atoms with van der Waals surface area (Å²) < 4.78 is 0. The molecule has 0 aromatic rings. The fourth-order valence-corrected chi connectivity index (χ4v) is 2.82. The van der Waals surface area contributed by atoms with E-state index in [9.17, 15) is 19.2 Å².